The van der Waals surface area contributed by atoms with E-state index >= 15 is 0 Å². The Balaban J connectivity index is 3.20. The summed E-state index contributed by atoms with van der Waals surface area (Å²) in [5.74, 6) is 2.11. The lowest BCUT2D eigenvalue weighted by atomic mass is 10.6. The summed E-state index contributed by atoms with van der Waals surface area (Å²) in [5.41, 5.74) is -0.402. The first-order valence-electron chi connectivity index (χ1n) is 3.19. The van der Waals surface area contributed by atoms with Gasteiger partial charge in [-0.1, -0.05) is 5.92 Å². The van der Waals surface area contributed by atoms with Crippen molar-refractivity contribution in [3.05, 3.63) is 16.7 Å². The molecule has 1 aromatic heterocycles. The molecule has 1 heterocycles. The summed E-state index contributed by atoms with van der Waals surface area (Å²) in [6.45, 7) is 0.135. The van der Waals surface area contributed by atoms with E-state index < -0.39 is 5.69 Å². The fraction of sp³-hybridized carbons (Fsp3) is 0.286. The van der Waals surface area contributed by atoms with Gasteiger partial charge in [0.15, 0.2) is 0 Å². The van der Waals surface area contributed by atoms with Gasteiger partial charge in [-0.3, -0.25) is 4.57 Å². The van der Waals surface area contributed by atoms with Gasteiger partial charge < -0.3 is 5.11 Å². The topological polar surface area (TPSA) is 47.2 Å². The third-order valence-corrected chi connectivity index (χ3v) is 1.64. The third-order valence-electron chi connectivity index (χ3n) is 1.41. The van der Waals surface area contributed by atoms with Crippen LogP contribution < -0.4 is 5.69 Å². The molecule has 64 valence electrons. The number of terminal acetylenes is 1. The molecule has 0 unspecified atom stereocenters. The average Bonchev–Trinajstić information content (AvgIpc) is 2.29. The van der Waals surface area contributed by atoms with Crippen molar-refractivity contribution >= 4 is 11.6 Å². The van der Waals surface area contributed by atoms with Crippen LogP contribution in [0.5, 0.6) is 5.88 Å². The van der Waals surface area contributed by atoms with Gasteiger partial charge >= 0.3 is 5.69 Å². The molecular formula is C7H7ClN2O2. The number of imidazole rings is 1. The molecule has 0 fully saturated rings. The number of aromatic hydroxyl groups is 1. The van der Waals surface area contributed by atoms with Crippen LogP contribution in [0, 0.1) is 12.3 Å². The lowest BCUT2D eigenvalue weighted by Gasteiger charge is -1.92. The third kappa shape index (κ3) is 1.31. The Morgan fingerprint density at radius 1 is 1.75 bits per heavy atom. The summed E-state index contributed by atoms with van der Waals surface area (Å²) in [5, 5.41) is 9.13. The number of hydrogen-bond acceptors (Lipinski definition) is 2. The predicted molar refractivity (Wildman–Crippen MR) is 45.0 cm³/mol. The summed E-state index contributed by atoms with van der Waals surface area (Å²) < 4.78 is 2.22. The Morgan fingerprint density at radius 3 is 2.83 bits per heavy atom. The lowest BCUT2D eigenvalue weighted by Crippen LogP contribution is -2.22. The van der Waals surface area contributed by atoms with Crippen LogP contribution in [-0.4, -0.2) is 14.2 Å². The monoisotopic (exact) mass is 186 g/mol. The molecule has 0 atom stereocenters. The molecule has 0 aromatic carbocycles. The smallest absolute Gasteiger partial charge is 0.332 e. The molecule has 0 radical (unpaired) electrons. The SMILES string of the molecule is C#CCn1cc(O)n(CCl)c1=O. The Hall–Kier alpha value is -1.34. The number of nitrogens with zero attached hydrogens (tertiary/aromatic N) is 2. The van der Waals surface area contributed by atoms with Crippen molar-refractivity contribution in [1.29, 1.82) is 0 Å². The first-order chi connectivity index (χ1) is 5.70. The summed E-state index contributed by atoms with van der Waals surface area (Å²) in [6.07, 6.45) is 6.25. The van der Waals surface area contributed by atoms with E-state index in [1.165, 1.54) is 10.8 Å². The summed E-state index contributed by atoms with van der Waals surface area (Å²) in [7, 11) is 0. The van der Waals surface area contributed by atoms with Crippen molar-refractivity contribution in [2.24, 2.45) is 0 Å². The summed E-state index contributed by atoms with van der Waals surface area (Å²) >= 11 is 5.39. The molecule has 1 rings (SSSR count). The maximum Gasteiger partial charge on any atom is 0.332 e. The first kappa shape index (κ1) is 8.75. The van der Waals surface area contributed by atoms with Gasteiger partial charge in [-0.05, 0) is 0 Å². The van der Waals surface area contributed by atoms with Crippen LogP contribution in [0.3, 0.4) is 0 Å². The second-order valence-electron chi connectivity index (χ2n) is 2.15. The standard InChI is InChI=1S/C7H7ClN2O2/c1-2-3-9-4-6(11)10(5-8)7(9)12/h1,4,11H,3,5H2. The summed E-state index contributed by atoms with van der Waals surface area (Å²) in [4.78, 5) is 11.2. The molecule has 0 aliphatic carbocycles. The highest BCUT2D eigenvalue weighted by atomic mass is 35.5. The van der Waals surface area contributed by atoms with E-state index in [9.17, 15) is 4.79 Å². The van der Waals surface area contributed by atoms with Crippen molar-refractivity contribution < 1.29 is 5.11 Å². The summed E-state index contributed by atoms with van der Waals surface area (Å²) in [6, 6.07) is -0.0811. The molecule has 1 N–H and O–H groups in total. The number of aromatic nitrogens is 2. The fourth-order valence-corrected chi connectivity index (χ4v) is 1.07. The van der Waals surface area contributed by atoms with Gasteiger partial charge in [0.25, 0.3) is 0 Å². The van der Waals surface area contributed by atoms with E-state index in [1.807, 2.05) is 0 Å². The van der Waals surface area contributed by atoms with Gasteiger partial charge in [-0.25, -0.2) is 9.36 Å². The zero-order chi connectivity index (χ0) is 9.14. The number of hydrogen-bond donors (Lipinski definition) is 1. The van der Waals surface area contributed by atoms with E-state index in [4.69, 9.17) is 23.1 Å². The molecule has 0 saturated carbocycles. The number of halogens is 1. The highest BCUT2D eigenvalue weighted by molar-refractivity contribution is 6.15. The Morgan fingerprint density at radius 2 is 2.42 bits per heavy atom. The molecule has 0 saturated heterocycles. The molecule has 4 nitrogen and oxygen atoms in total. The van der Waals surface area contributed by atoms with Crippen molar-refractivity contribution in [3.8, 4) is 18.2 Å². The first-order valence-corrected chi connectivity index (χ1v) is 3.72. The van der Waals surface area contributed by atoms with Crippen LogP contribution in [0.25, 0.3) is 0 Å². The highest BCUT2D eigenvalue weighted by Crippen LogP contribution is 2.05. The number of rotatable bonds is 2. The van der Waals surface area contributed by atoms with Gasteiger partial charge in [0.1, 0.15) is 6.00 Å². The lowest BCUT2D eigenvalue weighted by molar-refractivity contribution is 0.427. The number of alkyl halides is 1. The fourth-order valence-electron chi connectivity index (χ4n) is 0.841. The van der Waals surface area contributed by atoms with Crippen LogP contribution in [-0.2, 0) is 12.5 Å². The molecule has 0 bridgehead atoms. The second kappa shape index (κ2) is 3.37. The van der Waals surface area contributed by atoms with Crippen molar-refractivity contribution in [2.75, 3.05) is 0 Å². The van der Waals surface area contributed by atoms with E-state index in [-0.39, 0.29) is 18.4 Å². The quantitative estimate of drug-likeness (QED) is 0.529. The average molecular weight is 187 g/mol. The minimum absolute atomic E-state index is 0.0811. The van der Waals surface area contributed by atoms with Crippen molar-refractivity contribution in [1.82, 2.24) is 9.13 Å². The van der Waals surface area contributed by atoms with Crippen LogP contribution in [0.1, 0.15) is 0 Å². The molecule has 0 aliphatic rings. The van der Waals surface area contributed by atoms with E-state index in [0.717, 1.165) is 4.57 Å². The molecule has 1 aromatic rings. The minimum atomic E-state index is -0.402. The van der Waals surface area contributed by atoms with Gasteiger partial charge in [-0.2, -0.15) is 0 Å². The van der Waals surface area contributed by atoms with E-state index in [1.54, 1.807) is 0 Å². The second-order valence-corrected chi connectivity index (χ2v) is 2.39. The normalized spacial score (nSPS) is 9.67. The molecule has 0 amide bonds. The Labute approximate surface area is 74.0 Å². The zero-order valence-electron chi connectivity index (χ0n) is 6.20. The predicted octanol–water partition coefficient (Wildman–Crippen LogP) is 0.185. The van der Waals surface area contributed by atoms with Crippen LogP contribution in [0.4, 0.5) is 0 Å². The van der Waals surface area contributed by atoms with Crippen molar-refractivity contribution in [3.63, 3.8) is 0 Å². The molecule has 0 spiro atoms. The van der Waals surface area contributed by atoms with Gasteiger partial charge in [-0.15, -0.1) is 18.0 Å². The van der Waals surface area contributed by atoms with Crippen molar-refractivity contribution in [2.45, 2.75) is 12.5 Å². The molecule has 0 aliphatic heterocycles. The van der Waals surface area contributed by atoms with Gasteiger partial charge in [0, 0.05) is 0 Å². The zero-order valence-corrected chi connectivity index (χ0v) is 6.95. The van der Waals surface area contributed by atoms with E-state index in [0.29, 0.717) is 0 Å². The van der Waals surface area contributed by atoms with E-state index in [2.05, 4.69) is 5.92 Å². The largest absolute Gasteiger partial charge is 0.493 e. The minimum Gasteiger partial charge on any atom is -0.493 e. The van der Waals surface area contributed by atoms with Gasteiger partial charge in [0.05, 0.1) is 12.7 Å². The Bertz CT molecular complexity index is 372. The van der Waals surface area contributed by atoms with Crippen LogP contribution in [0.2, 0.25) is 0 Å². The van der Waals surface area contributed by atoms with Crippen LogP contribution in [0.15, 0.2) is 11.0 Å². The molecule has 5 heteroatoms. The Kier molecular flexibility index (Phi) is 2.46. The maximum atomic E-state index is 11.2. The molecule has 12 heavy (non-hydrogen) atoms. The van der Waals surface area contributed by atoms with Gasteiger partial charge in [0.2, 0.25) is 5.88 Å². The highest BCUT2D eigenvalue weighted by Gasteiger charge is 2.07. The molecular weight excluding hydrogens is 180 g/mol. The maximum absolute atomic E-state index is 11.2. The van der Waals surface area contributed by atoms with Crippen LogP contribution >= 0.6 is 11.6 Å².